The number of aromatic nitrogens is 2. The van der Waals surface area contributed by atoms with Crippen LogP contribution in [-0.4, -0.2) is 49.4 Å². The minimum atomic E-state index is -1.69. The molecule has 5 rings (SSSR count). The van der Waals surface area contributed by atoms with Crippen molar-refractivity contribution in [3.05, 3.63) is 90.5 Å². The molecule has 46 heavy (non-hydrogen) atoms. The van der Waals surface area contributed by atoms with Crippen molar-refractivity contribution in [2.45, 2.75) is 16.0 Å². The first-order valence-corrected chi connectivity index (χ1v) is 15.3. The van der Waals surface area contributed by atoms with E-state index in [1.165, 1.54) is 32.9 Å². The molecule has 11 nitrogen and oxygen atoms in total. The third kappa shape index (κ3) is 8.70. The summed E-state index contributed by atoms with van der Waals surface area (Å²) in [5, 5.41) is 9.20. The van der Waals surface area contributed by atoms with E-state index in [9.17, 15) is 19.6 Å². The molecule has 2 aliphatic rings. The summed E-state index contributed by atoms with van der Waals surface area (Å²) < 4.78 is 20.7. The third-order valence-electron chi connectivity index (χ3n) is 6.53. The van der Waals surface area contributed by atoms with Crippen LogP contribution in [0.3, 0.4) is 0 Å². The molecule has 2 unspecified atom stereocenters. The lowest BCUT2D eigenvalue weighted by Crippen LogP contribution is -2.26. The van der Waals surface area contributed by atoms with E-state index < -0.39 is 9.09 Å². The average molecular weight is 704 g/mol. The van der Waals surface area contributed by atoms with Crippen LogP contribution in [0.5, 0.6) is 23.3 Å². The number of carbonyl (C=O) groups excluding carboxylic acids is 3. The Hall–Kier alpha value is -4.28. The minimum absolute atomic E-state index is 0.184. The van der Waals surface area contributed by atoms with Crippen molar-refractivity contribution in [1.29, 1.82) is 5.26 Å². The quantitative estimate of drug-likeness (QED) is 0.0455. The van der Waals surface area contributed by atoms with Gasteiger partial charge in [-0.25, -0.2) is 19.1 Å². The predicted molar refractivity (Wildman–Crippen MR) is 172 cm³/mol. The van der Waals surface area contributed by atoms with Crippen LogP contribution >= 0.6 is 46.8 Å². The van der Waals surface area contributed by atoms with Crippen LogP contribution < -0.4 is 9.47 Å². The molecule has 2 aromatic carbocycles. The third-order valence-corrected chi connectivity index (χ3v) is 7.90. The first-order valence-electron chi connectivity index (χ1n) is 13.4. The maximum atomic E-state index is 12.1. The summed E-state index contributed by atoms with van der Waals surface area (Å²) in [5.41, 5.74) is 1.02. The topological polar surface area (TPSA) is 141 Å². The van der Waals surface area contributed by atoms with Crippen LogP contribution in [-0.2, 0) is 23.9 Å². The van der Waals surface area contributed by atoms with E-state index in [4.69, 9.17) is 53.8 Å². The van der Waals surface area contributed by atoms with E-state index in [1.807, 2.05) is 12.2 Å². The molecule has 0 N–H and O–H groups in total. The molecule has 0 spiro atoms. The Bertz CT molecular complexity index is 1680. The fourth-order valence-corrected chi connectivity index (χ4v) is 5.78. The number of esters is 1. The van der Waals surface area contributed by atoms with Gasteiger partial charge in [0.05, 0.1) is 43.9 Å². The number of para-hydroxylation sites is 2. The minimum Gasteiger partial charge on any atom is -0.503 e. The highest BCUT2D eigenvalue weighted by atomic mass is 35.6. The molecule has 238 valence electrons. The highest BCUT2D eigenvalue weighted by molar-refractivity contribution is 8.03. The Labute approximate surface area is 283 Å². The van der Waals surface area contributed by atoms with Crippen LogP contribution in [0.15, 0.2) is 79.3 Å². The van der Waals surface area contributed by atoms with Crippen LogP contribution in [0.4, 0.5) is 0 Å². The van der Waals surface area contributed by atoms with E-state index >= 15 is 0 Å². The standard InChI is InChI=1S/C22H17N3O5.C9H8Cl3NO2S/c1-27-13-17(22(26)28-2)16-8-4-6-10-19(16)30-21-11-20(24-14-25-21)29-18-9-5-3-7-15(18)12-23;10-9(11,12)16-13-7(14)5-3-1-2-4-6(5)8(13)15/h3-11,13-14H,1-2H3;1-2,5-6H,3-4H2/b17-13+;. The van der Waals surface area contributed by atoms with Gasteiger partial charge in [-0.15, -0.1) is 0 Å². The normalized spacial score (nSPS) is 17.3. The number of amides is 2. The molecule has 1 saturated heterocycles. The van der Waals surface area contributed by atoms with Crippen molar-refractivity contribution in [1.82, 2.24) is 14.3 Å². The Morgan fingerprint density at radius 3 is 2.09 bits per heavy atom. The van der Waals surface area contributed by atoms with E-state index in [0.717, 1.165) is 4.31 Å². The Morgan fingerprint density at radius 1 is 0.957 bits per heavy atom. The van der Waals surface area contributed by atoms with Crippen LogP contribution in [0.2, 0.25) is 0 Å². The van der Waals surface area contributed by atoms with Gasteiger partial charge in [0.15, 0.2) is 0 Å². The van der Waals surface area contributed by atoms with E-state index in [-0.39, 0.29) is 41.0 Å². The summed E-state index contributed by atoms with van der Waals surface area (Å²) in [6.45, 7) is 0. The molecular weight excluding hydrogens is 679 g/mol. The second kappa shape index (κ2) is 15.8. The number of alkyl halides is 3. The predicted octanol–water partition coefficient (Wildman–Crippen LogP) is 7.01. The fourth-order valence-electron chi connectivity index (χ4n) is 4.50. The van der Waals surface area contributed by atoms with Crippen LogP contribution in [0.1, 0.15) is 24.0 Å². The number of halogens is 3. The zero-order valence-corrected chi connectivity index (χ0v) is 27.3. The number of ether oxygens (including phenoxy) is 4. The Morgan fingerprint density at radius 2 is 1.52 bits per heavy atom. The molecule has 1 fully saturated rings. The molecule has 1 aliphatic carbocycles. The molecule has 3 aromatic rings. The number of methoxy groups -OCH3 is 2. The zero-order valence-electron chi connectivity index (χ0n) is 24.3. The van der Waals surface area contributed by atoms with Crippen LogP contribution in [0.25, 0.3) is 5.57 Å². The molecular formula is C31H25Cl3N4O7S. The van der Waals surface area contributed by atoms with Gasteiger partial charge in [0.2, 0.25) is 23.6 Å². The number of rotatable bonds is 8. The van der Waals surface area contributed by atoms with Gasteiger partial charge < -0.3 is 18.9 Å². The van der Waals surface area contributed by atoms with Gasteiger partial charge in [-0.1, -0.05) is 77.3 Å². The number of allylic oxidation sites excluding steroid dienone is 2. The van der Waals surface area contributed by atoms with E-state index in [1.54, 1.807) is 48.5 Å². The van der Waals surface area contributed by atoms with Crippen molar-refractivity contribution in [3.8, 4) is 29.3 Å². The summed E-state index contributed by atoms with van der Waals surface area (Å²) in [4.78, 5) is 44.1. The summed E-state index contributed by atoms with van der Waals surface area (Å²) in [7, 11) is 2.71. The van der Waals surface area contributed by atoms with Crippen LogP contribution in [0, 0.1) is 23.2 Å². The lowest BCUT2D eigenvalue weighted by molar-refractivity contribution is -0.134. The van der Waals surface area contributed by atoms with Crippen molar-refractivity contribution in [2.75, 3.05) is 14.2 Å². The molecule has 2 amide bonds. The maximum Gasteiger partial charge on any atom is 0.341 e. The zero-order chi connectivity index (χ0) is 33.3. The number of nitriles is 1. The fraction of sp³-hybridized carbons (Fsp3) is 0.226. The summed E-state index contributed by atoms with van der Waals surface area (Å²) >= 11 is 17.4. The number of imide groups is 1. The van der Waals surface area contributed by atoms with E-state index in [0.29, 0.717) is 47.4 Å². The first-order chi connectivity index (χ1) is 22.1. The number of fused-ring (bicyclic) bond motifs is 1. The van der Waals surface area contributed by atoms with Crippen molar-refractivity contribution < 1.29 is 33.3 Å². The monoisotopic (exact) mass is 702 g/mol. The molecule has 2 heterocycles. The van der Waals surface area contributed by atoms with E-state index in [2.05, 4.69) is 16.0 Å². The van der Waals surface area contributed by atoms with Crippen molar-refractivity contribution in [3.63, 3.8) is 0 Å². The van der Waals surface area contributed by atoms with Gasteiger partial charge in [-0.2, -0.15) is 5.26 Å². The molecule has 0 radical (unpaired) electrons. The van der Waals surface area contributed by atoms with Gasteiger partial charge in [0.25, 0.3) is 3.12 Å². The smallest absolute Gasteiger partial charge is 0.341 e. The van der Waals surface area contributed by atoms with Gasteiger partial charge in [0.1, 0.15) is 29.5 Å². The summed E-state index contributed by atoms with van der Waals surface area (Å²) in [5.74, 6) is -0.549. The van der Waals surface area contributed by atoms with Gasteiger partial charge in [-0.3, -0.25) is 9.59 Å². The second-order valence-electron chi connectivity index (χ2n) is 9.43. The van der Waals surface area contributed by atoms with Gasteiger partial charge >= 0.3 is 5.97 Å². The van der Waals surface area contributed by atoms with Crippen molar-refractivity contribution in [2.24, 2.45) is 11.8 Å². The number of hydrogen-bond acceptors (Lipinski definition) is 11. The largest absolute Gasteiger partial charge is 0.503 e. The molecule has 0 saturated carbocycles. The molecule has 2 atom stereocenters. The maximum absolute atomic E-state index is 12.1. The lowest BCUT2D eigenvalue weighted by atomic mass is 9.85. The number of nitrogens with zero attached hydrogens (tertiary/aromatic N) is 4. The second-order valence-corrected chi connectivity index (χ2v) is 13.5. The molecule has 15 heteroatoms. The average Bonchev–Trinajstić information content (AvgIpc) is 3.28. The Kier molecular flexibility index (Phi) is 11.9. The number of carbonyl (C=O) groups is 3. The SMILES string of the molecule is CO/C=C(/C(=O)OC)c1ccccc1Oc1cc(Oc2ccccc2C#N)ncn1.O=C1C2CC=CCC2C(=O)N1SC(Cl)(Cl)Cl. The summed E-state index contributed by atoms with van der Waals surface area (Å²) in [6, 6.07) is 17.2. The number of benzene rings is 2. The molecule has 0 bridgehead atoms. The lowest BCUT2D eigenvalue weighted by Gasteiger charge is -2.17. The summed E-state index contributed by atoms with van der Waals surface area (Å²) in [6.07, 6.45) is 7.56. The first kappa shape index (κ1) is 34.6. The highest BCUT2D eigenvalue weighted by Gasteiger charge is 2.49. The van der Waals surface area contributed by atoms with Gasteiger partial charge in [-0.05, 0) is 31.0 Å². The van der Waals surface area contributed by atoms with Gasteiger partial charge in [0, 0.05) is 17.5 Å². The Balaban J connectivity index is 0.000000252. The molecule has 1 aromatic heterocycles. The molecule has 1 aliphatic heterocycles. The van der Waals surface area contributed by atoms with Crippen molar-refractivity contribution >= 4 is 70.1 Å². The number of hydrogen-bond donors (Lipinski definition) is 0. The highest BCUT2D eigenvalue weighted by Crippen LogP contribution is 2.46.